The highest BCUT2D eigenvalue weighted by molar-refractivity contribution is 7.64. The van der Waals surface area contributed by atoms with Crippen molar-refractivity contribution in [1.82, 2.24) is 0 Å². The van der Waals surface area contributed by atoms with E-state index in [0.29, 0.717) is 6.42 Å². The molecule has 78 valence electrons. The Bertz CT molecular complexity index is 203. The zero-order chi connectivity index (χ0) is 10.5. The van der Waals surface area contributed by atoms with Crippen molar-refractivity contribution in [3.8, 4) is 0 Å². The average Bonchev–Trinajstić information content (AvgIpc) is 2.12. The third kappa shape index (κ3) is 3.64. The Morgan fingerprint density at radius 2 is 1.69 bits per heavy atom. The highest BCUT2D eigenvalue weighted by Gasteiger charge is 2.28. The van der Waals surface area contributed by atoms with Crippen LogP contribution in [0.4, 0.5) is 0 Å². The van der Waals surface area contributed by atoms with Gasteiger partial charge in [0, 0.05) is 12.1 Å². The predicted octanol–water partition coefficient (Wildman–Crippen LogP) is 3.15. The Balaban J connectivity index is 4.53. The molecule has 3 heteroatoms. The molecule has 0 aromatic heterocycles. The fraction of sp³-hybridized carbons (Fsp3) is 0.900. The highest BCUT2D eigenvalue weighted by Crippen LogP contribution is 2.52. The highest BCUT2D eigenvalue weighted by atomic mass is 31.2. The molecule has 0 heterocycles. The predicted molar refractivity (Wildman–Crippen MR) is 58.1 cm³/mol. The average molecular weight is 204 g/mol. The fourth-order valence-electron chi connectivity index (χ4n) is 1.72. The van der Waals surface area contributed by atoms with E-state index in [4.69, 9.17) is 0 Å². The first kappa shape index (κ1) is 12.9. The van der Waals surface area contributed by atoms with Crippen molar-refractivity contribution in [3.05, 3.63) is 0 Å². The Morgan fingerprint density at radius 1 is 1.23 bits per heavy atom. The van der Waals surface area contributed by atoms with Gasteiger partial charge in [0.15, 0.2) is 0 Å². The van der Waals surface area contributed by atoms with Gasteiger partial charge in [-0.2, -0.15) is 0 Å². The van der Waals surface area contributed by atoms with E-state index in [-0.39, 0.29) is 11.4 Å². The summed E-state index contributed by atoms with van der Waals surface area (Å²) in [6, 6.07) is 0. The largest absolute Gasteiger partial charge is 0.323 e. The number of hydrogen-bond donors (Lipinski definition) is 0. The van der Waals surface area contributed by atoms with Gasteiger partial charge < -0.3 is 9.36 Å². The van der Waals surface area contributed by atoms with Crippen molar-refractivity contribution in [2.24, 2.45) is 0 Å². The van der Waals surface area contributed by atoms with Gasteiger partial charge in [0.1, 0.15) is 5.78 Å². The molecule has 0 aliphatic rings. The van der Waals surface area contributed by atoms with Crippen molar-refractivity contribution >= 4 is 12.9 Å². The summed E-state index contributed by atoms with van der Waals surface area (Å²) in [5, 5.41) is 0. The normalized spacial score (nSPS) is 14.2. The Labute approximate surface area is 81.5 Å². The lowest BCUT2D eigenvalue weighted by atomic mass is 10.2. The summed E-state index contributed by atoms with van der Waals surface area (Å²) >= 11 is 0. The van der Waals surface area contributed by atoms with Crippen molar-refractivity contribution in [2.45, 2.75) is 46.2 Å². The first-order valence-electron chi connectivity index (χ1n) is 5.07. The molecule has 0 aliphatic heterocycles. The van der Waals surface area contributed by atoms with Crippen LogP contribution in [0.1, 0.15) is 40.5 Å². The van der Waals surface area contributed by atoms with Gasteiger partial charge in [-0.05, 0) is 25.7 Å². The van der Waals surface area contributed by atoms with Crippen molar-refractivity contribution in [1.29, 1.82) is 0 Å². The van der Waals surface area contributed by atoms with E-state index in [1.165, 1.54) is 0 Å². The molecule has 0 saturated carbocycles. The SMILES string of the molecule is CCC(CC(C)=O)P(=O)(CC)CC. The van der Waals surface area contributed by atoms with Gasteiger partial charge in [-0.1, -0.05) is 20.8 Å². The lowest BCUT2D eigenvalue weighted by Gasteiger charge is -2.23. The van der Waals surface area contributed by atoms with E-state index < -0.39 is 7.14 Å². The van der Waals surface area contributed by atoms with Gasteiger partial charge in [0.05, 0.1) is 7.14 Å². The van der Waals surface area contributed by atoms with Crippen LogP contribution in [0.5, 0.6) is 0 Å². The summed E-state index contributed by atoms with van der Waals surface area (Å²) in [6.45, 7) is 7.53. The quantitative estimate of drug-likeness (QED) is 0.623. The number of Topliss-reactive ketones (excluding diaryl/α,β-unsaturated/α-hetero) is 1. The summed E-state index contributed by atoms with van der Waals surface area (Å²) < 4.78 is 12.3. The van der Waals surface area contributed by atoms with Crippen LogP contribution in [0.3, 0.4) is 0 Å². The standard InChI is InChI=1S/C10H21O2P/c1-5-10(8-9(4)11)13(12,6-2)7-3/h10H,5-8H2,1-4H3. The third-order valence-electron chi connectivity index (χ3n) is 2.73. The van der Waals surface area contributed by atoms with Crippen LogP contribution in [0.2, 0.25) is 0 Å². The minimum atomic E-state index is -2.07. The first-order valence-corrected chi connectivity index (χ1v) is 7.22. The van der Waals surface area contributed by atoms with E-state index in [1.807, 2.05) is 20.8 Å². The maximum absolute atomic E-state index is 12.3. The number of carbonyl (C=O) groups excluding carboxylic acids is 1. The van der Waals surface area contributed by atoms with Crippen LogP contribution in [0.15, 0.2) is 0 Å². The van der Waals surface area contributed by atoms with Crippen LogP contribution in [0.25, 0.3) is 0 Å². The van der Waals surface area contributed by atoms with Gasteiger partial charge >= 0.3 is 0 Å². The van der Waals surface area contributed by atoms with Crippen LogP contribution in [-0.2, 0) is 9.36 Å². The molecule has 0 spiro atoms. The number of ketones is 1. The molecule has 1 unspecified atom stereocenters. The summed E-state index contributed by atoms with van der Waals surface area (Å²) in [6.07, 6.45) is 2.82. The monoisotopic (exact) mass is 204 g/mol. The maximum Gasteiger partial charge on any atom is 0.130 e. The Kier molecular flexibility index (Phi) is 5.55. The third-order valence-corrected chi connectivity index (χ3v) is 6.75. The molecule has 0 radical (unpaired) electrons. The summed E-state index contributed by atoms with van der Waals surface area (Å²) in [7, 11) is -2.07. The van der Waals surface area contributed by atoms with E-state index in [1.54, 1.807) is 6.92 Å². The van der Waals surface area contributed by atoms with E-state index in [0.717, 1.165) is 18.7 Å². The second kappa shape index (κ2) is 5.59. The number of rotatable bonds is 6. The summed E-state index contributed by atoms with van der Waals surface area (Å²) in [4.78, 5) is 11.0. The second-order valence-electron chi connectivity index (χ2n) is 3.55. The molecule has 0 saturated heterocycles. The molecule has 0 rings (SSSR count). The fourth-order valence-corrected chi connectivity index (χ4v) is 4.45. The molecule has 0 aromatic rings. The number of carbonyl (C=O) groups is 1. The van der Waals surface area contributed by atoms with Gasteiger partial charge in [-0.25, -0.2) is 0 Å². The minimum Gasteiger partial charge on any atom is -0.323 e. The molecule has 2 nitrogen and oxygen atoms in total. The molecule has 0 amide bonds. The smallest absolute Gasteiger partial charge is 0.130 e. The van der Waals surface area contributed by atoms with Crippen LogP contribution in [-0.4, -0.2) is 23.8 Å². The molecular weight excluding hydrogens is 183 g/mol. The topological polar surface area (TPSA) is 34.1 Å². The number of hydrogen-bond acceptors (Lipinski definition) is 2. The maximum atomic E-state index is 12.3. The molecule has 13 heavy (non-hydrogen) atoms. The zero-order valence-corrected chi connectivity index (χ0v) is 10.1. The van der Waals surface area contributed by atoms with E-state index in [9.17, 15) is 9.36 Å². The molecular formula is C10H21O2P. The molecule has 0 fully saturated rings. The van der Waals surface area contributed by atoms with Gasteiger partial charge in [-0.15, -0.1) is 0 Å². The van der Waals surface area contributed by atoms with Crippen LogP contribution < -0.4 is 0 Å². The van der Waals surface area contributed by atoms with E-state index >= 15 is 0 Å². The minimum absolute atomic E-state index is 0.125. The first-order chi connectivity index (χ1) is 6.00. The summed E-state index contributed by atoms with van der Waals surface area (Å²) in [5.41, 5.74) is 0.125. The van der Waals surface area contributed by atoms with Crippen LogP contribution in [0, 0.1) is 0 Å². The zero-order valence-electron chi connectivity index (χ0n) is 9.17. The van der Waals surface area contributed by atoms with Gasteiger partial charge in [0.2, 0.25) is 0 Å². The van der Waals surface area contributed by atoms with Crippen molar-refractivity contribution in [2.75, 3.05) is 12.3 Å². The Morgan fingerprint density at radius 3 is 1.92 bits per heavy atom. The molecule has 1 atom stereocenters. The lowest BCUT2D eigenvalue weighted by molar-refractivity contribution is -0.117. The molecule has 0 N–H and O–H groups in total. The van der Waals surface area contributed by atoms with Crippen molar-refractivity contribution in [3.63, 3.8) is 0 Å². The lowest BCUT2D eigenvalue weighted by Crippen LogP contribution is -2.14. The molecule has 0 aliphatic carbocycles. The molecule has 0 aromatic carbocycles. The Hall–Kier alpha value is -0.100. The molecule has 0 bridgehead atoms. The van der Waals surface area contributed by atoms with Gasteiger partial charge in [-0.3, -0.25) is 0 Å². The second-order valence-corrected chi connectivity index (χ2v) is 7.45. The van der Waals surface area contributed by atoms with Gasteiger partial charge in [0.25, 0.3) is 0 Å². The van der Waals surface area contributed by atoms with Crippen LogP contribution >= 0.6 is 7.14 Å². The van der Waals surface area contributed by atoms with Crippen molar-refractivity contribution < 1.29 is 9.36 Å². The summed E-state index contributed by atoms with van der Waals surface area (Å²) in [5.74, 6) is 0.161. The van der Waals surface area contributed by atoms with E-state index in [2.05, 4.69) is 0 Å².